The topological polar surface area (TPSA) is 49.4 Å². The number of carbonyl (C=O) groups is 2. The SMILES string of the molecule is CC(C)CNC(=O)CN(C)C(=O)c1cccc(CCl)c1. The van der Waals surface area contributed by atoms with E-state index < -0.39 is 0 Å². The van der Waals surface area contributed by atoms with Crippen molar-refractivity contribution in [2.24, 2.45) is 5.92 Å². The molecule has 0 unspecified atom stereocenters. The van der Waals surface area contributed by atoms with Gasteiger partial charge in [0.15, 0.2) is 0 Å². The summed E-state index contributed by atoms with van der Waals surface area (Å²) < 4.78 is 0. The largest absolute Gasteiger partial charge is 0.354 e. The predicted octanol–water partition coefficient (Wildman–Crippen LogP) is 2.27. The van der Waals surface area contributed by atoms with E-state index in [4.69, 9.17) is 11.6 Å². The number of benzene rings is 1. The van der Waals surface area contributed by atoms with E-state index in [9.17, 15) is 9.59 Å². The minimum absolute atomic E-state index is 0.0522. The fourth-order valence-electron chi connectivity index (χ4n) is 1.67. The molecule has 0 bridgehead atoms. The number of halogens is 1. The third kappa shape index (κ3) is 5.21. The summed E-state index contributed by atoms with van der Waals surface area (Å²) in [4.78, 5) is 25.3. The molecule has 0 aromatic heterocycles. The lowest BCUT2D eigenvalue weighted by Crippen LogP contribution is -2.39. The van der Waals surface area contributed by atoms with Gasteiger partial charge in [-0.25, -0.2) is 0 Å². The van der Waals surface area contributed by atoms with Crippen molar-refractivity contribution in [2.75, 3.05) is 20.1 Å². The zero-order valence-corrected chi connectivity index (χ0v) is 12.9. The van der Waals surface area contributed by atoms with Gasteiger partial charge in [0.25, 0.3) is 5.91 Å². The predicted molar refractivity (Wildman–Crippen MR) is 80.8 cm³/mol. The molecule has 0 heterocycles. The Hall–Kier alpha value is -1.55. The number of nitrogens with one attached hydrogen (secondary N) is 1. The van der Waals surface area contributed by atoms with E-state index in [1.807, 2.05) is 19.9 Å². The molecular formula is C15H21ClN2O2. The molecule has 2 amide bonds. The molecule has 0 fully saturated rings. The third-order valence-corrected chi connectivity index (χ3v) is 3.07. The van der Waals surface area contributed by atoms with Crippen LogP contribution in [0, 0.1) is 5.92 Å². The van der Waals surface area contributed by atoms with Crippen LogP contribution in [0.15, 0.2) is 24.3 Å². The van der Waals surface area contributed by atoms with Gasteiger partial charge in [0.2, 0.25) is 5.91 Å². The Morgan fingerprint density at radius 2 is 2.05 bits per heavy atom. The lowest BCUT2D eigenvalue weighted by molar-refractivity contribution is -0.121. The van der Waals surface area contributed by atoms with Gasteiger partial charge in [0.1, 0.15) is 0 Å². The molecule has 1 aromatic carbocycles. The Labute approximate surface area is 125 Å². The molecule has 0 aliphatic rings. The molecule has 0 radical (unpaired) electrons. The summed E-state index contributed by atoms with van der Waals surface area (Å²) >= 11 is 5.75. The van der Waals surface area contributed by atoms with Crippen LogP contribution in [0.3, 0.4) is 0 Å². The molecule has 0 spiro atoms. The number of likely N-dealkylation sites (N-methyl/N-ethyl adjacent to an activating group) is 1. The Bertz CT molecular complexity index is 475. The summed E-state index contributed by atoms with van der Waals surface area (Å²) in [5.41, 5.74) is 1.43. The van der Waals surface area contributed by atoms with Crippen LogP contribution in [0.1, 0.15) is 29.8 Å². The van der Waals surface area contributed by atoms with Crippen molar-refractivity contribution in [1.82, 2.24) is 10.2 Å². The van der Waals surface area contributed by atoms with Crippen LogP contribution in [0.2, 0.25) is 0 Å². The summed E-state index contributed by atoms with van der Waals surface area (Å²) in [5, 5.41) is 2.79. The molecule has 0 saturated carbocycles. The van der Waals surface area contributed by atoms with Gasteiger partial charge in [-0.3, -0.25) is 9.59 Å². The van der Waals surface area contributed by atoms with E-state index in [1.54, 1.807) is 25.2 Å². The van der Waals surface area contributed by atoms with Crippen molar-refractivity contribution < 1.29 is 9.59 Å². The smallest absolute Gasteiger partial charge is 0.254 e. The summed E-state index contributed by atoms with van der Waals surface area (Å²) in [6, 6.07) is 7.12. The fraction of sp³-hybridized carbons (Fsp3) is 0.467. The van der Waals surface area contributed by atoms with Crippen LogP contribution in [0.25, 0.3) is 0 Å². The second kappa shape index (κ2) is 7.90. The highest BCUT2D eigenvalue weighted by molar-refractivity contribution is 6.17. The van der Waals surface area contributed by atoms with Crippen LogP contribution in [-0.2, 0) is 10.7 Å². The van der Waals surface area contributed by atoms with Crippen molar-refractivity contribution in [3.8, 4) is 0 Å². The highest BCUT2D eigenvalue weighted by atomic mass is 35.5. The van der Waals surface area contributed by atoms with Crippen molar-refractivity contribution in [3.05, 3.63) is 35.4 Å². The molecule has 20 heavy (non-hydrogen) atoms. The maximum Gasteiger partial charge on any atom is 0.254 e. The van der Waals surface area contributed by atoms with Gasteiger partial charge in [0, 0.05) is 25.0 Å². The summed E-state index contributed by atoms with van der Waals surface area (Å²) in [6.07, 6.45) is 0. The Kier molecular flexibility index (Phi) is 6.52. The van der Waals surface area contributed by atoms with Gasteiger partial charge in [-0.05, 0) is 23.6 Å². The van der Waals surface area contributed by atoms with Crippen LogP contribution in [0.4, 0.5) is 0 Å². The molecule has 0 atom stereocenters. The van der Waals surface area contributed by atoms with E-state index in [0.29, 0.717) is 23.9 Å². The van der Waals surface area contributed by atoms with Crippen molar-refractivity contribution in [2.45, 2.75) is 19.7 Å². The van der Waals surface area contributed by atoms with Gasteiger partial charge in [-0.15, -0.1) is 11.6 Å². The van der Waals surface area contributed by atoms with Crippen LogP contribution in [0.5, 0.6) is 0 Å². The minimum atomic E-state index is -0.184. The molecule has 0 saturated heterocycles. The van der Waals surface area contributed by atoms with Crippen LogP contribution >= 0.6 is 11.6 Å². The average molecular weight is 297 g/mol. The maximum atomic E-state index is 12.2. The number of hydrogen-bond acceptors (Lipinski definition) is 2. The highest BCUT2D eigenvalue weighted by Gasteiger charge is 2.15. The first-order chi connectivity index (χ1) is 9.43. The fourth-order valence-corrected chi connectivity index (χ4v) is 1.84. The standard InChI is InChI=1S/C15H21ClN2O2/c1-11(2)9-17-14(19)10-18(3)15(20)13-6-4-5-12(7-13)8-16/h4-7,11H,8-10H2,1-3H3,(H,17,19). The second-order valence-corrected chi connectivity index (χ2v) is 5.46. The molecule has 0 aliphatic carbocycles. The molecule has 1 rings (SSSR count). The van der Waals surface area contributed by atoms with E-state index in [1.165, 1.54) is 4.90 Å². The lowest BCUT2D eigenvalue weighted by Gasteiger charge is -2.17. The van der Waals surface area contributed by atoms with E-state index >= 15 is 0 Å². The average Bonchev–Trinajstić information content (AvgIpc) is 2.44. The molecule has 1 aromatic rings. The van der Waals surface area contributed by atoms with Gasteiger partial charge >= 0.3 is 0 Å². The van der Waals surface area contributed by atoms with Gasteiger partial charge in [-0.1, -0.05) is 26.0 Å². The summed E-state index contributed by atoms with van der Waals surface area (Å²) in [6.45, 7) is 4.71. The normalized spacial score (nSPS) is 10.4. The molecule has 5 heteroatoms. The zero-order valence-electron chi connectivity index (χ0n) is 12.1. The number of alkyl halides is 1. The first-order valence-electron chi connectivity index (χ1n) is 6.61. The Morgan fingerprint density at radius 1 is 1.35 bits per heavy atom. The highest BCUT2D eigenvalue weighted by Crippen LogP contribution is 2.09. The van der Waals surface area contributed by atoms with Crippen LogP contribution < -0.4 is 5.32 Å². The molecule has 1 N–H and O–H groups in total. The monoisotopic (exact) mass is 296 g/mol. The molecule has 110 valence electrons. The van der Waals surface area contributed by atoms with E-state index in [0.717, 1.165) is 5.56 Å². The first kappa shape index (κ1) is 16.5. The molecule has 0 aliphatic heterocycles. The number of amides is 2. The van der Waals surface area contributed by atoms with E-state index in [2.05, 4.69) is 5.32 Å². The molecular weight excluding hydrogens is 276 g/mol. The first-order valence-corrected chi connectivity index (χ1v) is 7.14. The third-order valence-electron chi connectivity index (χ3n) is 2.76. The summed E-state index contributed by atoms with van der Waals surface area (Å²) in [7, 11) is 1.62. The van der Waals surface area contributed by atoms with Crippen molar-refractivity contribution in [1.29, 1.82) is 0 Å². The lowest BCUT2D eigenvalue weighted by atomic mass is 10.1. The van der Waals surface area contributed by atoms with Gasteiger partial charge in [-0.2, -0.15) is 0 Å². The number of hydrogen-bond donors (Lipinski definition) is 1. The van der Waals surface area contributed by atoms with Gasteiger partial charge < -0.3 is 10.2 Å². The summed E-state index contributed by atoms with van der Waals surface area (Å²) in [5.74, 6) is 0.416. The minimum Gasteiger partial charge on any atom is -0.354 e. The van der Waals surface area contributed by atoms with E-state index in [-0.39, 0.29) is 18.4 Å². The maximum absolute atomic E-state index is 12.2. The number of nitrogens with zero attached hydrogens (tertiary/aromatic N) is 1. The van der Waals surface area contributed by atoms with Crippen molar-refractivity contribution >= 4 is 23.4 Å². The van der Waals surface area contributed by atoms with Gasteiger partial charge in [0.05, 0.1) is 6.54 Å². The van der Waals surface area contributed by atoms with Crippen LogP contribution in [-0.4, -0.2) is 36.9 Å². The Morgan fingerprint density at radius 3 is 2.65 bits per heavy atom. The Balaban J connectivity index is 2.60. The van der Waals surface area contributed by atoms with Crippen molar-refractivity contribution in [3.63, 3.8) is 0 Å². The molecule has 4 nitrogen and oxygen atoms in total. The second-order valence-electron chi connectivity index (χ2n) is 5.19. The number of rotatable bonds is 6. The number of carbonyl (C=O) groups excluding carboxylic acids is 2. The quantitative estimate of drug-likeness (QED) is 0.819. The zero-order chi connectivity index (χ0) is 15.1.